The third-order valence-corrected chi connectivity index (χ3v) is 2.88. The summed E-state index contributed by atoms with van der Waals surface area (Å²) in [6, 6.07) is 5.80. The number of non-ortho nitro benzene ring substituents is 1. The zero-order valence-corrected chi connectivity index (χ0v) is 11.2. The fourth-order valence-electron chi connectivity index (χ4n) is 1.73. The molecule has 0 fully saturated rings. The largest absolute Gasteiger partial charge is 0.416 e. The van der Waals surface area contributed by atoms with E-state index in [9.17, 15) is 32.5 Å². The molecule has 2 aromatic carbocycles. The molecule has 2 rings (SSSR count). The number of halogens is 4. The molecule has 0 aliphatic carbocycles. The van der Waals surface area contributed by atoms with Gasteiger partial charge in [0.25, 0.3) is 11.6 Å². The molecule has 0 unspecified atom stereocenters. The fourth-order valence-corrected chi connectivity index (χ4v) is 1.73. The minimum Gasteiger partial charge on any atom is -0.319 e. The Morgan fingerprint density at radius 3 is 2.22 bits per heavy atom. The van der Waals surface area contributed by atoms with Crippen LogP contribution in [0.4, 0.5) is 28.9 Å². The number of nitrogens with one attached hydrogen (secondary N) is 1. The van der Waals surface area contributed by atoms with Gasteiger partial charge in [0.15, 0.2) is 0 Å². The van der Waals surface area contributed by atoms with Crippen molar-refractivity contribution in [3.05, 3.63) is 69.5 Å². The summed E-state index contributed by atoms with van der Waals surface area (Å²) in [6.07, 6.45) is -4.54. The van der Waals surface area contributed by atoms with Gasteiger partial charge in [-0.3, -0.25) is 14.9 Å². The van der Waals surface area contributed by atoms with E-state index in [-0.39, 0.29) is 5.56 Å². The minimum absolute atomic E-state index is 0.149. The predicted molar refractivity (Wildman–Crippen MR) is 72.5 cm³/mol. The summed E-state index contributed by atoms with van der Waals surface area (Å²) >= 11 is 0. The van der Waals surface area contributed by atoms with Crippen molar-refractivity contribution in [1.29, 1.82) is 0 Å². The van der Waals surface area contributed by atoms with Crippen LogP contribution in [0.15, 0.2) is 42.5 Å². The number of nitro benzene ring substituents is 1. The lowest BCUT2D eigenvalue weighted by Gasteiger charge is -2.09. The molecule has 0 bridgehead atoms. The zero-order valence-electron chi connectivity index (χ0n) is 11.2. The second kappa shape index (κ2) is 6.03. The van der Waals surface area contributed by atoms with Crippen LogP contribution in [0.3, 0.4) is 0 Å². The molecule has 120 valence electrons. The number of alkyl halides is 3. The van der Waals surface area contributed by atoms with Crippen LogP contribution in [-0.2, 0) is 6.18 Å². The molecular weight excluding hydrogens is 320 g/mol. The van der Waals surface area contributed by atoms with Crippen LogP contribution in [0.5, 0.6) is 0 Å². The molecule has 2 aromatic rings. The van der Waals surface area contributed by atoms with Gasteiger partial charge in [-0.15, -0.1) is 0 Å². The zero-order chi connectivity index (χ0) is 17.2. The Hall–Kier alpha value is -2.97. The highest BCUT2D eigenvalue weighted by molar-refractivity contribution is 6.04. The van der Waals surface area contributed by atoms with Gasteiger partial charge in [0.2, 0.25) is 0 Å². The molecule has 0 aliphatic heterocycles. The van der Waals surface area contributed by atoms with Gasteiger partial charge in [-0.2, -0.15) is 13.2 Å². The first-order chi connectivity index (χ1) is 10.7. The number of nitro groups is 1. The Bertz CT molecular complexity index is 758. The van der Waals surface area contributed by atoms with Crippen LogP contribution < -0.4 is 5.32 Å². The van der Waals surface area contributed by atoms with Crippen molar-refractivity contribution in [2.45, 2.75) is 6.18 Å². The summed E-state index contributed by atoms with van der Waals surface area (Å²) in [5.41, 5.74) is -1.96. The van der Waals surface area contributed by atoms with Gasteiger partial charge in [0, 0.05) is 17.7 Å². The SMILES string of the molecule is O=C(Nc1cc([N+](=O)[O-])ccc1F)c1ccc(C(F)(F)F)cc1. The lowest BCUT2D eigenvalue weighted by molar-refractivity contribution is -0.384. The number of hydrogen-bond donors (Lipinski definition) is 1. The van der Waals surface area contributed by atoms with E-state index < -0.39 is 39.8 Å². The van der Waals surface area contributed by atoms with Crippen LogP contribution in [-0.4, -0.2) is 10.8 Å². The molecule has 0 heterocycles. The standard InChI is InChI=1S/C14H8F4N2O3/c15-11-6-5-10(20(22)23)7-12(11)19-13(21)8-1-3-9(4-2-8)14(16,17)18/h1-7H,(H,19,21). The van der Waals surface area contributed by atoms with Gasteiger partial charge in [0.05, 0.1) is 16.2 Å². The van der Waals surface area contributed by atoms with Crippen molar-refractivity contribution in [2.24, 2.45) is 0 Å². The summed E-state index contributed by atoms with van der Waals surface area (Å²) < 4.78 is 50.8. The van der Waals surface area contributed by atoms with Crippen LogP contribution in [0.2, 0.25) is 0 Å². The molecule has 23 heavy (non-hydrogen) atoms. The lowest BCUT2D eigenvalue weighted by Crippen LogP contribution is -2.14. The van der Waals surface area contributed by atoms with Gasteiger partial charge in [-0.05, 0) is 30.3 Å². The highest BCUT2D eigenvalue weighted by atomic mass is 19.4. The first kappa shape index (κ1) is 16.4. The Labute approximate surface area is 126 Å². The number of benzene rings is 2. The molecular formula is C14H8F4N2O3. The van der Waals surface area contributed by atoms with E-state index in [1.165, 1.54) is 0 Å². The summed E-state index contributed by atoms with van der Waals surface area (Å²) in [5.74, 6) is -1.80. The van der Waals surface area contributed by atoms with Crippen molar-refractivity contribution in [2.75, 3.05) is 5.32 Å². The Balaban J connectivity index is 2.22. The number of nitrogens with zero attached hydrogens (tertiary/aromatic N) is 1. The normalized spacial score (nSPS) is 11.1. The minimum atomic E-state index is -4.54. The molecule has 0 spiro atoms. The average Bonchev–Trinajstić information content (AvgIpc) is 2.48. The Morgan fingerprint density at radius 2 is 1.70 bits per heavy atom. The molecule has 0 radical (unpaired) electrons. The predicted octanol–water partition coefficient (Wildman–Crippen LogP) is 4.01. The van der Waals surface area contributed by atoms with E-state index in [1.54, 1.807) is 0 Å². The van der Waals surface area contributed by atoms with E-state index in [2.05, 4.69) is 5.32 Å². The van der Waals surface area contributed by atoms with Gasteiger partial charge < -0.3 is 5.32 Å². The molecule has 1 amide bonds. The maximum Gasteiger partial charge on any atom is 0.416 e. The number of carbonyl (C=O) groups excluding carboxylic acids is 1. The molecule has 0 aliphatic rings. The molecule has 0 saturated heterocycles. The monoisotopic (exact) mass is 328 g/mol. The molecule has 0 saturated carbocycles. The molecule has 5 nitrogen and oxygen atoms in total. The quantitative estimate of drug-likeness (QED) is 0.526. The third kappa shape index (κ3) is 3.82. The molecule has 1 N–H and O–H groups in total. The highest BCUT2D eigenvalue weighted by Gasteiger charge is 2.30. The van der Waals surface area contributed by atoms with Crippen molar-refractivity contribution in [3.8, 4) is 0 Å². The number of carbonyl (C=O) groups is 1. The van der Waals surface area contributed by atoms with E-state index in [0.29, 0.717) is 12.1 Å². The van der Waals surface area contributed by atoms with Crippen LogP contribution in [0.1, 0.15) is 15.9 Å². The average molecular weight is 328 g/mol. The van der Waals surface area contributed by atoms with Gasteiger partial charge >= 0.3 is 6.18 Å². The van der Waals surface area contributed by atoms with Gasteiger partial charge in [-0.25, -0.2) is 4.39 Å². The second-order valence-corrected chi connectivity index (χ2v) is 4.45. The van der Waals surface area contributed by atoms with Crippen molar-refractivity contribution in [3.63, 3.8) is 0 Å². The first-order valence-electron chi connectivity index (χ1n) is 6.11. The van der Waals surface area contributed by atoms with E-state index in [1.807, 2.05) is 0 Å². The van der Waals surface area contributed by atoms with E-state index in [0.717, 1.165) is 30.3 Å². The van der Waals surface area contributed by atoms with Crippen LogP contribution >= 0.6 is 0 Å². The van der Waals surface area contributed by atoms with Gasteiger partial charge in [-0.1, -0.05) is 0 Å². The molecule has 0 atom stereocenters. The maximum atomic E-state index is 13.5. The first-order valence-corrected chi connectivity index (χ1v) is 6.11. The van der Waals surface area contributed by atoms with Crippen LogP contribution in [0.25, 0.3) is 0 Å². The Morgan fingerprint density at radius 1 is 1.09 bits per heavy atom. The summed E-state index contributed by atoms with van der Waals surface area (Å²) in [7, 11) is 0. The van der Waals surface area contributed by atoms with Crippen molar-refractivity contribution >= 4 is 17.3 Å². The number of hydrogen-bond acceptors (Lipinski definition) is 3. The van der Waals surface area contributed by atoms with Crippen molar-refractivity contribution in [1.82, 2.24) is 0 Å². The summed E-state index contributed by atoms with van der Waals surface area (Å²) in [5, 5.41) is 12.7. The topological polar surface area (TPSA) is 72.2 Å². The van der Waals surface area contributed by atoms with Gasteiger partial charge in [0.1, 0.15) is 5.82 Å². The number of rotatable bonds is 3. The number of amides is 1. The molecule has 0 aromatic heterocycles. The second-order valence-electron chi connectivity index (χ2n) is 4.45. The van der Waals surface area contributed by atoms with E-state index in [4.69, 9.17) is 0 Å². The Kier molecular flexibility index (Phi) is 4.30. The van der Waals surface area contributed by atoms with Crippen LogP contribution in [0, 0.1) is 15.9 Å². The molecule has 9 heteroatoms. The lowest BCUT2D eigenvalue weighted by atomic mass is 10.1. The number of anilines is 1. The fraction of sp³-hybridized carbons (Fsp3) is 0.0714. The van der Waals surface area contributed by atoms with Crippen molar-refractivity contribution < 1.29 is 27.3 Å². The summed E-state index contributed by atoms with van der Waals surface area (Å²) in [4.78, 5) is 21.7. The third-order valence-electron chi connectivity index (χ3n) is 2.88. The van der Waals surface area contributed by atoms with E-state index >= 15 is 0 Å². The smallest absolute Gasteiger partial charge is 0.319 e. The summed E-state index contributed by atoms with van der Waals surface area (Å²) in [6.45, 7) is 0. The highest BCUT2D eigenvalue weighted by Crippen LogP contribution is 2.29. The maximum absolute atomic E-state index is 13.5.